The zero-order valence-corrected chi connectivity index (χ0v) is 11.1. The van der Waals surface area contributed by atoms with Crippen molar-refractivity contribution < 1.29 is 9.84 Å². The molecule has 0 radical (unpaired) electrons. The second kappa shape index (κ2) is 6.76. The lowest BCUT2D eigenvalue weighted by Gasteiger charge is -2.24. The molecule has 1 saturated carbocycles. The number of para-hydroxylation sites is 1. The highest BCUT2D eigenvalue weighted by Crippen LogP contribution is 2.24. The molecule has 0 heterocycles. The standard InChI is InChI=1S/C15H23NO2/c1-18-11-12-7-5-6-8-13(12)16-14-9-3-2-4-10-15(14)17/h5-8,14-17H,2-4,9-11H2,1H3. The number of aliphatic hydroxyl groups is 1. The van der Waals surface area contributed by atoms with Gasteiger partial charge in [-0.05, 0) is 18.9 Å². The summed E-state index contributed by atoms with van der Waals surface area (Å²) in [5, 5.41) is 13.6. The number of rotatable bonds is 4. The molecular weight excluding hydrogens is 226 g/mol. The van der Waals surface area contributed by atoms with Gasteiger partial charge in [-0.2, -0.15) is 0 Å². The van der Waals surface area contributed by atoms with Gasteiger partial charge in [0, 0.05) is 18.4 Å². The van der Waals surface area contributed by atoms with E-state index in [0.717, 1.165) is 30.5 Å². The Labute approximate surface area is 109 Å². The SMILES string of the molecule is COCc1ccccc1NC1CCCCCC1O. The molecule has 2 rings (SSSR count). The molecule has 2 unspecified atom stereocenters. The van der Waals surface area contributed by atoms with Crippen LogP contribution in [0.15, 0.2) is 24.3 Å². The molecule has 2 atom stereocenters. The van der Waals surface area contributed by atoms with Crippen LogP contribution in [-0.2, 0) is 11.3 Å². The van der Waals surface area contributed by atoms with Gasteiger partial charge in [-0.15, -0.1) is 0 Å². The average Bonchev–Trinajstić information content (AvgIpc) is 2.58. The number of hydrogen-bond acceptors (Lipinski definition) is 3. The summed E-state index contributed by atoms with van der Waals surface area (Å²) in [7, 11) is 1.71. The molecule has 0 saturated heterocycles. The fourth-order valence-electron chi connectivity index (χ4n) is 2.60. The monoisotopic (exact) mass is 249 g/mol. The molecule has 1 aliphatic carbocycles. The predicted molar refractivity (Wildman–Crippen MR) is 73.7 cm³/mol. The summed E-state index contributed by atoms with van der Waals surface area (Å²) in [4.78, 5) is 0. The first-order valence-electron chi connectivity index (χ1n) is 6.82. The van der Waals surface area contributed by atoms with E-state index in [0.29, 0.717) is 6.61 Å². The number of aliphatic hydroxyl groups excluding tert-OH is 1. The topological polar surface area (TPSA) is 41.5 Å². The molecule has 0 aliphatic heterocycles. The summed E-state index contributed by atoms with van der Waals surface area (Å²) in [5.41, 5.74) is 2.24. The van der Waals surface area contributed by atoms with Crippen LogP contribution in [0.25, 0.3) is 0 Å². The Morgan fingerprint density at radius 2 is 2.00 bits per heavy atom. The quantitative estimate of drug-likeness (QED) is 0.806. The molecule has 100 valence electrons. The number of anilines is 1. The third-order valence-electron chi connectivity index (χ3n) is 3.64. The van der Waals surface area contributed by atoms with E-state index in [9.17, 15) is 5.11 Å². The highest BCUT2D eigenvalue weighted by atomic mass is 16.5. The lowest BCUT2D eigenvalue weighted by molar-refractivity contribution is 0.144. The fraction of sp³-hybridized carbons (Fsp3) is 0.600. The second-order valence-corrected chi connectivity index (χ2v) is 5.05. The van der Waals surface area contributed by atoms with Gasteiger partial charge in [-0.25, -0.2) is 0 Å². The van der Waals surface area contributed by atoms with E-state index in [4.69, 9.17) is 4.74 Å². The number of benzene rings is 1. The van der Waals surface area contributed by atoms with Crippen molar-refractivity contribution in [2.45, 2.75) is 50.9 Å². The van der Waals surface area contributed by atoms with Gasteiger partial charge in [0.1, 0.15) is 0 Å². The Balaban J connectivity index is 2.07. The Morgan fingerprint density at radius 1 is 1.22 bits per heavy atom. The van der Waals surface area contributed by atoms with Gasteiger partial charge in [-0.3, -0.25) is 0 Å². The van der Waals surface area contributed by atoms with Gasteiger partial charge >= 0.3 is 0 Å². The Morgan fingerprint density at radius 3 is 2.83 bits per heavy atom. The summed E-state index contributed by atoms with van der Waals surface area (Å²) in [6.45, 7) is 0.603. The minimum atomic E-state index is -0.233. The first-order chi connectivity index (χ1) is 8.81. The molecule has 0 bridgehead atoms. The Bertz CT molecular complexity index is 367. The van der Waals surface area contributed by atoms with Crippen molar-refractivity contribution in [1.82, 2.24) is 0 Å². The molecule has 0 amide bonds. The minimum Gasteiger partial charge on any atom is -0.391 e. The van der Waals surface area contributed by atoms with Crippen LogP contribution in [0.4, 0.5) is 5.69 Å². The molecule has 3 heteroatoms. The van der Waals surface area contributed by atoms with E-state index in [1.54, 1.807) is 7.11 Å². The number of nitrogens with one attached hydrogen (secondary N) is 1. The van der Waals surface area contributed by atoms with Gasteiger partial charge in [0.15, 0.2) is 0 Å². The van der Waals surface area contributed by atoms with Crippen LogP contribution in [0.1, 0.15) is 37.7 Å². The maximum Gasteiger partial charge on any atom is 0.0741 e. The highest BCUT2D eigenvalue weighted by molar-refractivity contribution is 5.51. The lowest BCUT2D eigenvalue weighted by atomic mass is 10.0. The predicted octanol–water partition coefficient (Wildman–Crippen LogP) is 2.94. The largest absolute Gasteiger partial charge is 0.391 e. The summed E-state index contributed by atoms with van der Waals surface area (Å²) >= 11 is 0. The smallest absolute Gasteiger partial charge is 0.0741 e. The van der Waals surface area contributed by atoms with Gasteiger partial charge in [0.25, 0.3) is 0 Å². The van der Waals surface area contributed by atoms with E-state index in [1.165, 1.54) is 12.8 Å². The molecule has 1 aromatic rings. The van der Waals surface area contributed by atoms with Crippen molar-refractivity contribution in [2.24, 2.45) is 0 Å². The van der Waals surface area contributed by atoms with Crippen LogP contribution < -0.4 is 5.32 Å². The van der Waals surface area contributed by atoms with Gasteiger partial charge in [0.05, 0.1) is 18.8 Å². The molecule has 3 nitrogen and oxygen atoms in total. The van der Waals surface area contributed by atoms with Crippen LogP contribution in [0.2, 0.25) is 0 Å². The number of methoxy groups -OCH3 is 1. The number of hydrogen-bond donors (Lipinski definition) is 2. The third-order valence-corrected chi connectivity index (χ3v) is 3.64. The lowest BCUT2D eigenvalue weighted by Crippen LogP contribution is -2.32. The normalized spacial score (nSPS) is 24.6. The van der Waals surface area contributed by atoms with E-state index in [-0.39, 0.29) is 12.1 Å². The van der Waals surface area contributed by atoms with E-state index in [2.05, 4.69) is 17.4 Å². The average molecular weight is 249 g/mol. The van der Waals surface area contributed by atoms with Crippen LogP contribution in [-0.4, -0.2) is 24.4 Å². The van der Waals surface area contributed by atoms with Gasteiger partial charge in [-0.1, -0.05) is 37.5 Å². The highest BCUT2D eigenvalue weighted by Gasteiger charge is 2.21. The molecule has 0 spiro atoms. The van der Waals surface area contributed by atoms with E-state index in [1.807, 2.05) is 12.1 Å². The summed E-state index contributed by atoms with van der Waals surface area (Å²) < 4.78 is 5.21. The zero-order valence-electron chi connectivity index (χ0n) is 11.1. The third kappa shape index (κ3) is 3.47. The molecule has 18 heavy (non-hydrogen) atoms. The molecule has 0 aromatic heterocycles. The van der Waals surface area contributed by atoms with Crippen molar-refractivity contribution in [3.05, 3.63) is 29.8 Å². The molecule has 1 aliphatic rings. The maximum atomic E-state index is 10.1. The van der Waals surface area contributed by atoms with Gasteiger partial charge in [0.2, 0.25) is 0 Å². The number of ether oxygens (including phenoxy) is 1. The Hall–Kier alpha value is -1.06. The van der Waals surface area contributed by atoms with Crippen molar-refractivity contribution in [1.29, 1.82) is 0 Å². The molecule has 2 N–H and O–H groups in total. The van der Waals surface area contributed by atoms with Crippen molar-refractivity contribution >= 4 is 5.69 Å². The second-order valence-electron chi connectivity index (χ2n) is 5.05. The maximum absolute atomic E-state index is 10.1. The van der Waals surface area contributed by atoms with E-state index >= 15 is 0 Å². The molecule has 1 fully saturated rings. The summed E-state index contributed by atoms with van der Waals surface area (Å²) in [6.07, 6.45) is 5.28. The fourth-order valence-corrected chi connectivity index (χ4v) is 2.60. The van der Waals surface area contributed by atoms with Crippen LogP contribution in [0.5, 0.6) is 0 Å². The van der Waals surface area contributed by atoms with Crippen molar-refractivity contribution in [2.75, 3.05) is 12.4 Å². The van der Waals surface area contributed by atoms with Gasteiger partial charge < -0.3 is 15.2 Å². The Kier molecular flexibility index (Phi) is 5.02. The first kappa shape index (κ1) is 13.4. The van der Waals surface area contributed by atoms with E-state index < -0.39 is 0 Å². The molecule has 1 aromatic carbocycles. The summed E-state index contributed by atoms with van der Waals surface area (Å²) in [5.74, 6) is 0. The minimum absolute atomic E-state index is 0.172. The van der Waals surface area contributed by atoms with Crippen molar-refractivity contribution in [3.63, 3.8) is 0 Å². The summed E-state index contributed by atoms with van der Waals surface area (Å²) in [6, 6.07) is 8.33. The first-order valence-corrected chi connectivity index (χ1v) is 6.82. The van der Waals surface area contributed by atoms with Crippen LogP contribution >= 0.6 is 0 Å². The zero-order chi connectivity index (χ0) is 12.8. The molecular formula is C15H23NO2. The van der Waals surface area contributed by atoms with Crippen LogP contribution in [0, 0.1) is 0 Å². The van der Waals surface area contributed by atoms with Crippen molar-refractivity contribution in [3.8, 4) is 0 Å². The van der Waals surface area contributed by atoms with Crippen LogP contribution in [0.3, 0.4) is 0 Å².